The SMILES string of the molecule is COC(=O)C(NC(C)c1c(C)noc1C)C1CC1. The summed E-state index contributed by atoms with van der Waals surface area (Å²) in [6, 6.07) is -0.195. The number of hydrogen-bond acceptors (Lipinski definition) is 5. The quantitative estimate of drug-likeness (QED) is 0.811. The maximum atomic E-state index is 11.7. The Kier molecular flexibility index (Phi) is 3.71. The zero-order valence-corrected chi connectivity index (χ0v) is 11.3. The lowest BCUT2D eigenvalue weighted by Gasteiger charge is -2.21. The molecule has 2 rings (SSSR count). The first-order chi connectivity index (χ1) is 8.54. The molecular weight excluding hydrogens is 232 g/mol. The molecule has 0 aromatic carbocycles. The molecule has 1 aromatic rings. The number of aromatic nitrogens is 1. The minimum atomic E-state index is -0.223. The standard InChI is InChI=1S/C13H20N2O3/c1-7(11-8(2)15-18-9(11)3)14-12(10-5-6-10)13(16)17-4/h7,10,12,14H,5-6H2,1-4H3. The van der Waals surface area contributed by atoms with Gasteiger partial charge < -0.3 is 9.26 Å². The van der Waals surface area contributed by atoms with Crippen LogP contribution in [0, 0.1) is 19.8 Å². The molecule has 1 heterocycles. The predicted octanol–water partition coefficient (Wildman–Crippen LogP) is 1.89. The van der Waals surface area contributed by atoms with Gasteiger partial charge in [-0.05, 0) is 39.5 Å². The highest BCUT2D eigenvalue weighted by Gasteiger charge is 2.38. The van der Waals surface area contributed by atoms with Gasteiger partial charge in [-0.25, -0.2) is 0 Å². The monoisotopic (exact) mass is 252 g/mol. The first-order valence-corrected chi connectivity index (χ1v) is 6.31. The second kappa shape index (κ2) is 5.10. The molecule has 0 amide bonds. The Morgan fingerprint density at radius 1 is 1.50 bits per heavy atom. The van der Waals surface area contributed by atoms with Crippen molar-refractivity contribution in [2.75, 3.05) is 7.11 Å². The summed E-state index contributed by atoms with van der Waals surface area (Å²) in [5.41, 5.74) is 1.90. The van der Waals surface area contributed by atoms with Crippen LogP contribution < -0.4 is 5.32 Å². The van der Waals surface area contributed by atoms with Crippen LogP contribution in [0.4, 0.5) is 0 Å². The summed E-state index contributed by atoms with van der Waals surface area (Å²) < 4.78 is 10.0. The fourth-order valence-corrected chi connectivity index (χ4v) is 2.41. The average molecular weight is 252 g/mol. The van der Waals surface area contributed by atoms with Crippen molar-refractivity contribution in [3.63, 3.8) is 0 Å². The van der Waals surface area contributed by atoms with Crippen molar-refractivity contribution in [1.29, 1.82) is 0 Å². The van der Waals surface area contributed by atoms with Gasteiger partial charge in [-0.2, -0.15) is 0 Å². The Balaban J connectivity index is 2.09. The van der Waals surface area contributed by atoms with Crippen LogP contribution in [0.3, 0.4) is 0 Å². The van der Waals surface area contributed by atoms with Crippen molar-refractivity contribution in [1.82, 2.24) is 10.5 Å². The number of methoxy groups -OCH3 is 1. The van der Waals surface area contributed by atoms with E-state index in [1.54, 1.807) is 0 Å². The van der Waals surface area contributed by atoms with Crippen LogP contribution >= 0.6 is 0 Å². The fourth-order valence-electron chi connectivity index (χ4n) is 2.41. The molecule has 100 valence electrons. The number of nitrogens with zero attached hydrogens (tertiary/aromatic N) is 1. The first-order valence-electron chi connectivity index (χ1n) is 6.31. The Morgan fingerprint density at radius 3 is 2.61 bits per heavy atom. The van der Waals surface area contributed by atoms with Crippen LogP contribution in [-0.2, 0) is 9.53 Å². The number of aryl methyl sites for hydroxylation is 2. The van der Waals surface area contributed by atoms with Gasteiger partial charge in [0.25, 0.3) is 0 Å². The lowest BCUT2D eigenvalue weighted by Crippen LogP contribution is -2.41. The van der Waals surface area contributed by atoms with Gasteiger partial charge in [-0.15, -0.1) is 0 Å². The molecular formula is C13H20N2O3. The Labute approximate surface area is 107 Å². The van der Waals surface area contributed by atoms with Crippen molar-refractivity contribution < 1.29 is 14.1 Å². The summed E-state index contributed by atoms with van der Waals surface area (Å²) >= 11 is 0. The molecule has 1 aromatic heterocycles. The molecule has 1 saturated carbocycles. The third-order valence-electron chi connectivity index (χ3n) is 3.50. The molecule has 2 atom stereocenters. The van der Waals surface area contributed by atoms with Gasteiger partial charge in [0, 0.05) is 11.6 Å². The molecule has 1 aliphatic carbocycles. The molecule has 1 aliphatic rings. The number of nitrogens with one attached hydrogen (secondary N) is 1. The van der Waals surface area contributed by atoms with Crippen molar-refractivity contribution in [3.8, 4) is 0 Å². The van der Waals surface area contributed by atoms with Crippen molar-refractivity contribution in [2.45, 2.75) is 45.7 Å². The zero-order chi connectivity index (χ0) is 13.3. The number of ether oxygens (including phenoxy) is 1. The van der Waals surface area contributed by atoms with Crippen LogP contribution in [0.15, 0.2) is 4.52 Å². The Morgan fingerprint density at radius 2 is 2.17 bits per heavy atom. The van der Waals surface area contributed by atoms with E-state index in [0.29, 0.717) is 5.92 Å². The largest absolute Gasteiger partial charge is 0.468 e. The van der Waals surface area contributed by atoms with Gasteiger partial charge in [0.2, 0.25) is 0 Å². The second-order valence-corrected chi connectivity index (χ2v) is 4.96. The topological polar surface area (TPSA) is 64.4 Å². The Hall–Kier alpha value is -1.36. The molecule has 18 heavy (non-hydrogen) atoms. The van der Waals surface area contributed by atoms with Crippen LogP contribution in [0.2, 0.25) is 0 Å². The van der Waals surface area contributed by atoms with E-state index >= 15 is 0 Å². The highest BCUT2D eigenvalue weighted by atomic mass is 16.5. The van der Waals surface area contributed by atoms with Gasteiger partial charge in [0.05, 0.1) is 12.8 Å². The molecule has 0 bridgehead atoms. The van der Waals surface area contributed by atoms with E-state index < -0.39 is 0 Å². The molecule has 5 heteroatoms. The number of carbonyl (C=O) groups excluding carboxylic acids is 1. The highest BCUT2D eigenvalue weighted by molar-refractivity contribution is 5.76. The van der Waals surface area contributed by atoms with Gasteiger partial charge >= 0.3 is 5.97 Å². The van der Waals surface area contributed by atoms with Crippen molar-refractivity contribution >= 4 is 5.97 Å². The number of hydrogen-bond donors (Lipinski definition) is 1. The number of esters is 1. The summed E-state index contributed by atoms with van der Waals surface area (Å²) in [6.45, 7) is 5.82. The molecule has 1 fully saturated rings. The normalized spacial score (nSPS) is 18.4. The molecule has 0 saturated heterocycles. The maximum absolute atomic E-state index is 11.7. The van der Waals surface area contributed by atoms with E-state index in [-0.39, 0.29) is 18.1 Å². The lowest BCUT2D eigenvalue weighted by molar-refractivity contribution is -0.144. The molecule has 1 N–H and O–H groups in total. The highest BCUT2D eigenvalue weighted by Crippen LogP contribution is 2.34. The zero-order valence-electron chi connectivity index (χ0n) is 11.3. The lowest BCUT2D eigenvalue weighted by atomic mass is 10.0. The van der Waals surface area contributed by atoms with E-state index in [0.717, 1.165) is 29.9 Å². The van der Waals surface area contributed by atoms with Gasteiger partial charge in [-0.1, -0.05) is 5.16 Å². The smallest absolute Gasteiger partial charge is 0.323 e. The van der Waals surface area contributed by atoms with Crippen molar-refractivity contribution in [3.05, 3.63) is 17.0 Å². The third-order valence-corrected chi connectivity index (χ3v) is 3.50. The molecule has 0 aliphatic heterocycles. The van der Waals surface area contributed by atoms with E-state index in [4.69, 9.17) is 9.26 Å². The second-order valence-electron chi connectivity index (χ2n) is 4.96. The first kappa shape index (κ1) is 13.1. The van der Waals surface area contributed by atoms with Crippen LogP contribution in [0.1, 0.15) is 42.8 Å². The minimum Gasteiger partial charge on any atom is -0.468 e. The number of rotatable bonds is 5. The van der Waals surface area contributed by atoms with Crippen LogP contribution in [-0.4, -0.2) is 24.3 Å². The van der Waals surface area contributed by atoms with Crippen molar-refractivity contribution in [2.24, 2.45) is 5.92 Å². The fraction of sp³-hybridized carbons (Fsp3) is 0.692. The van der Waals surface area contributed by atoms with E-state index in [1.807, 2.05) is 20.8 Å². The average Bonchev–Trinajstić information content (AvgIpc) is 3.12. The van der Waals surface area contributed by atoms with E-state index in [2.05, 4.69) is 10.5 Å². The van der Waals surface area contributed by atoms with Crippen LogP contribution in [0.5, 0.6) is 0 Å². The minimum absolute atomic E-state index is 0.0287. The van der Waals surface area contributed by atoms with E-state index in [9.17, 15) is 4.79 Å². The summed E-state index contributed by atoms with van der Waals surface area (Å²) in [6.07, 6.45) is 2.17. The number of carbonyl (C=O) groups is 1. The molecule has 0 radical (unpaired) electrons. The van der Waals surface area contributed by atoms with E-state index in [1.165, 1.54) is 7.11 Å². The summed E-state index contributed by atoms with van der Waals surface area (Å²) in [5, 5.41) is 7.28. The molecule has 2 unspecified atom stereocenters. The third kappa shape index (κ3) is 2.56. The van der Waals surface area contributed by atoms with Crippen LogP contribution in [0.25, 0.3) is 0 Å². The van der Waals surface area contributed by atoms with Gasteiger partial charge in [0.1, 0.15) is 11.8 Å². The summed E-state index contributed by atoms with van der Waals surface area (Å²) in [4.78, 5) is 11.7. The maximum Gasteiger partial charge on any atom is 0.323 e. The Bertz CT molecular complexity index is 418. The molecule has 5 nitrogen and oxygen atoms in total. The molecule has 0 spiro atoms. The van der Waals surface area contributed by atoms with Gasteiger partial charge in [0.15, 0.2) is 0 Å². The van der Waals surface area contributed by atoms with Gasteiger partial charge in [-0.3, -0.25) is 10.1 Å². The summed E-state index contributed by atoms with van der Waals surface area (Å²) in [7, 11) is 1.43. The summed E-state index contributed by atoms with van der Waals surface area (Å²) in [5.74, 6) is 1.02. The predicted molar refractivity (Wildman–Crippen MR) is 66.1 cm³/mol.